The molecule has 1 atom stereocenters. The van der Waals surface area contributed by atoms with Gasteiger partial charge in [0.1, 0.15) is 0 Å². The number of anilines is 1. The maximum Gasteiger partial charge on any atom is 0.246 e. The van der Waals surface area contributed by atoms with Crippen LogP contribution in [0.5, 0.6) is 0 Å². The Balaban J connectivity index is 2.06. The molecule has 3 nitrogen and oxygen atoms in total. The van der Waals surface area contributed by atoms with Gasteiger partial charge in [0, 0.05) is 11.3 Å². The number of rotatable bonds is 4. The zero-order chi connectivity index (χ0) is 13.7. The zero-order valence-corrected chi connectivity index (χ0v) is 11.6. The second kappa shape index (κ2) is 6.29. The quantitative estimate of drug-likeness (QED) is 0.534. The molecule has 0 radical (unpaired) electrons. The molecule has 0 heterocycles. The van der Waals surface area contributed by atoms with Gasteiger partial charge >= 0.3 is 0 Å². The Morgan fingerprint density at radius 1 is 0.895 bits per heavy atom. The number of alkyl halides is 1. The molecule has 2 aromatic rings. The molecule has 0 aromatic heterocycles. The SMILES string of the molecule is O=C(Nc1ccccc1)[C@@H](Br)C(=O)c1ccccc1. The van der Waals surface area contributed by atoms with Crippen LogP contribution in [0, 0.1) is 0 Å². The van der Waals surface area contributed by atoms with Crippen LogP contribution < -0.4 is 5.32 Å². The maximum atomic E-state index is 12.1. The first kappa shape index (κ1) is 13.5. The molecule has 0 unspecified atom stereocenters. The van der Waals surface area contributed by atoms with Gasteiger partial charge in [0.2, 0.25) is 5.91 Å². The lowest BCUT2D eigenvalue weighted by molar-refractivity contribution is -0.114. The number of benzene rings is 2. The molecular weight excluding hydrogens is 306 g/mol. The van der Waals surface area contributed by atoms with Crippen LogP contribution in [-0.2, 0) is 4.79 Å². The highest BCUT2D eigenvalue weighted by atomic mass is 79.9. The molecule has 96 valence electrons. The van der Waals surface area contributed by atoms with Gasteiger partial charge in [-0.15, -0.1) is 0 Å². The third kappa shape index (κ3) is 3.51. The minimum absolute atomic E-state index is 0.256. The van der Waals surface area contributed by atoms with E-state index >= 15 is 0 Å². The summed E-state index contributed by atoms with van der Waals surface area (Å²) in [4.78, 5) is 23.1. The molecule has 0 saturated carbocycles. The summed E-state index contributed by atoms with van der Waals surface area (Å²) in [5.74, 6) is -0.630. The number of hydrogen-bond donors (Lipinski definition) is 1. The third-order valence-electron chi connectivity index (χ3n) is 2.56. The zero-order valence-electron chi connectivity index (χ0n) is 10.0. The summed E-state index contributed by atoms with van der Waals surface area (Å²) in [6.45, 7) is 0. The van der Waals surface area contributed by atoms with E-state index < -0.39 is 4.83 Å². The molecular formula is C15H12BrNO2. The minimum atomic E-state index is -0.893. The molecule has 0 saturated heterocycles. The smallest absolute Gasteiger partial charge is 0.246 e. The van der Waals surface area contributed by atoms with Crippen LogP contribution in [0.3, 0.4) is 0 Å². The van der Waals surface area contributed by atoms with Crippen molar-refractivity contribution in [1.29, 1.82) is 0 Å². The van der Waals surface area contributed by atoms with E-state index in [0.717, 1.165) is 0 Å². The van der Waals surface area contributed by atoms with Crippen molar-refractivity contribution in [3.8, 4) is 0 Å². The van der Waals surface area contributed by atoms with Gasteiger partial charge in [-0.3, -0.25) is 9.59 Å². The molecule has 2 rings (SSSR count). The number of carbonyl (C=O) groups is 2. The van der Waals surface area contributed by atoms with Crippen LogP contribution in [0.15, 0.2) is 60.7 Å². The van der Waals surface area contributed by atoms with Gasteiger partial charge < -0.3 is 5.32 Å². The molecule has 2 aromatic carbocycles. The van der Waals surface area contributed by atoms with E-state index in [-0.39, 0.29) is 11.7 Å². The van der Waals surface area contributed by atoms with Crippen LogP contribution in [0.2, 0.25) is 0 Å². The van der Waals surface area contributed by atoms with Crippen molar-refractivity contribution in [1.82, 2.24) is 0 Å². The summed E-state index contributed by atoms with van der Waals surface area (Å²) in [6.07, 6.45) is 0. The van der Waals surface area contributed by atoms with E-state index in [2.05, 4.69) is 21.2 Å². The average molecular weight is 318 g/mol. The van der Waals surface area contributed by atoms with Crippen LogP contribution in [0.4, 0.5) is 5.69 Å². The second-order valence-electron chi connectivity index (χ2n) is 3.95. The number of halogens is 1. The van der Waals surface area contributed by atoms with Crippen LogP contribution in [-0.4, -0.2) is 16.5 Å². The molecule has 1 N–H and O–H groups in total. The highest BCUT2D eigenvalue weighted by Crippen LogP contribution is 2.13. The molecule has 0 aliphatic heterocycles. The molecule has 4 heteroatoms. The summed E-state index contributed by atoms with van der Waals surface area (Å²) in [5, 5.41) is 2.69. The molecule has 0 spiro atoms. The van der Waals surface area contributed by atoms with Crippen molar-refractivity contribution in [3.63, 3.8) is 0 Å². The Hall–Kier alpha value is -1.94. The lowest BCUT2D eigenvalue weighted by atomic mass is 10.1. The summed E-state index contributed by atoms with van der Waals surface area (Å²) in [7, 11) is 0. The minimum Gasteiger partial charge on any atom is -0.325 e. The maximum absolute atomic E-state index is 12.1. The van der Waals surface area contributed by atoms with E-state index in [0.29, 0.717) is 11.3 Å². The van der Waals surface area contributed by atoms with Crippen LogP contribution in [0.1, 0.15) is 10.4 Å². The number of para-hydroxylation sites is 1. The number of nitrogens with one attached hydrogen (secondary N) is 1. The van der Waals surface area contributed by atoms with E-state index in [4.69, 9.17) is 0 Å². The molecule has 0 aliphatic carbocycles. The van der Waals surface area contributed by atoms with Gasteiger partial charge in [-0.2, -0.15) is 0 Å². The Labute approximate surface area is 119 Å². The van der Waals surface area contributed by atoms with Crippen LogP contribution >= 0.6 is 15.9 Å². The molecule has 19 heavy (non-hydrogen) atoms. The molecule has 1 amide bonds. The lowest BCUT2D eigenvalue weighted by Crippen LogP contribution is -2.30. The Morgan fingerprint density at radius 2 is 1.42 bits per heavy atom. The van der Waals surface area contributed by atoms with Crippen molar-refractivity contribution in [2.45, 2.75) is 4.83 Å². The Bertz CT molecular complexity index is 569. The number of amides is 1. The van der Waals surface area contributed by atoms with Gasteiger partial charge in [0.15, 0.2) is 10.6 Å². The van der Waals surface area contributed by atoms with Gasteiger partial charge in [-0.1, -0.05) is 64.5 Å². The highest BCUT2D eigenvalue weighted by Gasteiger charge is 2.24. The van der Waals surface area contributed by atoms with Gasteiger partial charge in [-0.25, -0.2) is 0 Å². The lowest BCUT2D eigenvalue weighted by Gasteiger charge is -2.10. The number of Topliss-reactive ketones (excluding diaryl/α,β-unsaturated/α-hetero) is 1. The summed E-state index contributed by atoms with van der Waals surface area (Å²) < 4.78 is 0. The van der Waals surface area contributed by atoms with Gasteiger partial charge in [0.05, 0.1) is 0 Å². The second-order valence-corrected chi connectivity index (χ2v) is 4.86. The first-order valence-electron chi connectivity index (χ1n) is 5.78. The average Bonchev–Trinajstić information content (AvgIpc) is 2.47. The van der Waals surface area contributed by atoms with Crippen molar-refractivity contribution < 1.29 is 9.59 Å². The number of hydrogen-bond acceptors (Lipinski definition) is 2. The highest BCUT2D eigenvalue weighted by molar-refractivity contribution is 9.10. The molecule has 0 bridgehead atoms. The number of carbonyl (C=O) groups excluding carboxylic acids is 2. The predicted molar refractivity (Wildman–Crippen MR) is 78.6 cm³/mol. The predicted octanol–water partition coefficient (Wildman–Crippen LogP) is 3.27. The third-order valence-corrected chi connectivity index (χ3v) is 3.39. The van der Waals surface area contributed by atoms with Crippen molar-refractivity contribution in [2.24, 2.45) is 0 Å². The fourth-order valence-corrected chi connectivity index (χ4v) is 1.97. The van der Waals surface area contributed by atoms with Crippen molar-refractivity contribution in [3.05, 3.63) is 66.2 Å². The Morgan fingerprint density at radius 3 is 2.00 bits per heavy atom. The topological polar surface area (TPSA) is 46.2 Å². The fourth-order valence-electron chi connectivity index (χ4n) is 1.59. The van der Waals surface area contributed by atoms with Crippen molar-refractivity contribution >= 4 is 33.3 Å². The Kier molecular flexibility index (Phi) is 4.47. The monoisotopic (exact) mass is 317 g/mol. The molecule has 0 fully saturated rings. The van der Waals surface area contributed by atoms with E-state index in [1.165, 1.54) is 0 Å². The standard InChI is InChI=1S/C15H12BrNO2/c16-13(14(18)11-7-3-1-4-8-11)15(19)17-12-9-5-2-6-10-12/h1-10,13H,(H,17,19)/t13-/m0/s1. The van der Waals surface area contributed by atoms with Crippen LogP contribution in [0.25, 0.3) is 0 Å². The first-order chi connectivity index (χ1) is 9.18. The van der Waals surface area contributed by atoms with E-state index in [1.54, 1.807) is 36.4 Å². The van der Waals surface area contributed by atoms with E-state index in [9.17, 15) is 9.59 Å². The van der Waals surface area contributed by atoms with Gasteiger partial charge in [0.25, 0.3) is 0 Å². The summed E-state index contributed by atoms with van der Waals surface area (Å²) in [5.41, 5.74) is 1.17. The molecule has 0 aliphatic rings. The number of ketones is 1. The van der Waals surface area contributed by atoms with Gasteiger partial charge in [-0.05, 0) is 12.1 Å². The normalized spacial score (nSPS) is 11.6. The van der Waals surface area contributed by atoms with E-state index in [1.807, 2.05) is 24.3 Å². The first-order valence-corrected chi connectivity index (χ1v) is 6.69. The van der Waals surface area contributed by atoms with Crippen molar-refractivity contribution in [2.75, 3.05) is 5.32 Å². The fraction of sp³-hybridized carbons (Fsp3) is 0.0667. The summed E-state index contributed by atoms with van der Waals surface area (Å²) >= 11 is 3.14. The largest absolute Gasteiger partial charge is 0.325 e. The summed E-state index contributed by atoms with van der Waals surface area (Å²) in [6, 6.07) is 17.8.